The van der Waals surface area contributed by atoms with Gasteiger partial charge < -0.3 is 5.32 Å². The molecule has 2 aromatic rings. The molecule has 3 nitrogen and oxygen atoms in total. The molecule has 1 N–H and O–H groups in total. The van der Waals surface area contributed by atoms with Crippen LogP contribution >= 0.6 is 11.6 Å². The SMILES string of the molecule is Cc1c(Cl)cccc1Nc1nc(C(F)(F)F)ccc1C#N. The molecule has 1 aromatic carbocycles. The Kier molecular flexibility index (Phi) is 4.05. The predicted molar refractivity (Wildman–Crippen MR) is 73.4 cm³/mol. The van der Waals surface area contributed by atoms with E-state index in [4.69, 9.17) is 16.9 Å². The van der Waals surface area contributed by atoms with Crippen LogP contribution in [0, 0.1) is 18.3 Å². The normalized spacial score (nSPS) is 11.0. The first-order valence-electron chi connectivity index (χ1n) is 5.83. The fourth-order valence-electron chi connectivity index (χ4n) is 1.67. The van der Waals surface area contributed by atoms with Crippen molar-refractivity contribution in [3.63, 3.8) is 0 Å². The van der Waals surface area contributed by atoms with Gasteiger partial charge in [0.1, 0.15) is 17.6 Å². The number of nitrogens with zero attached hydrogens (tertiary/aromatic N) is 2. The van der Waals surface area contributed by atoms with Gasteiger partial charge in [0.25, 0.3) is 0 Å². The second-order valence-electron chi connectivity index (χ2n) is 4.24. The summed E-state index contributed by atoms with van der Waals surface area (Å²) in [6.07, 6.45) is -4.58. The molecule has 108 valence electrons. The van der Waals surface area contributed by atoms with E-state index in [1.165, 1.54) is 0 Å². The molecule has 0 aliphatic heterocycles. The number of rotatable bonds is 2. The number of anilines is 2. The van der Waals surface area contributed by atoms with E-state index in [1.807, 2.05) is 0 Å². The Bertz CT molecular complexity index is 720. The highest BCUT2D eigenvalue weighted by molar-refractivity contribution is 6.31. The van der Waals surface area contributed by atoms with Crippen molar-refractivity contribution < 1.29 is 13.2 Å². The van der Waals surface area contributed by atoms with Gasteiger partial charge in [0.05, 0.1) is 5.56 Å². The molecule has 0 atom stereocenters. The molecule has 1 heterocycles. The van der Waals surface area contributed by atoms with Crippen LogP contribution in [0.5, 0.6) is 0 Å². The summed E-state index contributed by atoms with van der Waals surface area (Å²) in [6, 6.07) is 8.61. The minimum absolute atomic E-state index is 0.0161. The molecule has 1 aromatic heterocycles. The molecule has 0 saturated carbocycles. The molecule has 0 saturated heterocycles. The van der Waals surface area contributed by atoms with Crippen LogP contribution in [0.15, 0.2) is 30.3 Å². The van der Waals surface area contributed by atoms with Gasteiger partial charge in [0, 0.05) is 10.7 Å². The summed E-state index contributed by atoms with van der Waals surface area (Å²) in [5.74, 6) is -0.155. The zero-order chi connectivity index (χ0) is 15.6. The largest absolute Gasteiger partial charge is 0.433 e. The number of pyridine rings is 1. The van der Waals surface area contributed by atoms with Crippen LogP contribution in [0.1, 0.15) is 16.8 Å². The smallest absolute Gasteiger partial charge is 0.339 e. The molecule has 0 unspecified atom stereocenters. The van der Waals surface area contributed by atoms with Gasteiger partial charge in [0.2, 0.25) is 0 Å². The fourth-order valence-corrected chi connectivity index (χ4v) is 1.85. The van der Waals surface area contributed by atoms with E-state index in [1.54, 1.807) is 31.2 Å². The van der Waals surface area contributed by atoms with Crippen molar-refractivity contribution in [2.24, 2.45) is 0 Å². The van der Waals surface area contributed by atoms with Gasteiger partial charge in [-0.25, -0.2) is 4.98 Å². The molecular formula is C14H9ClF3N3. The van der Waals surface area contributed by atoms with Crippen molar-refractivity contribution in [1.29, 1.82) is 5.26 Å². The van der Waals surface area contributed by atoms with E-state index < -0.39 is 11.9 Å². The van der Waals surface area contributed by atoms with Crippen molar-refractivity contribution in [2.45, 2.75) is 13.1 Å². The van der Waals surface area contributed by atoms with Crippen LogP contribution < -0.4 is 5.32 Å². The van der Waals surface area contributed by atoms with Crippen LogP contribution in [0.3, 0.4) is 0 Å². The maximum Gasteiger partial charge on any atom is 0.433 e. The fraction of sp³-hybridized carbons (Fsp3) is 0.143. The quantitative estimate of drug-likeness (QED) is 0.876. The van der Waals surface area contributed by atoms with Gasteiger partial charge in [0.15, 0.2) is 0 Å². The summed E-state index contributed by atoms with van der Waals surface area (Å²) < 4.78 is 38.1. The molecular weight excluding hydrogens is 303 g/mol. The van der Waals surface area contributed by atoms with Gasteiger partial charge in [-0.05, 0) is 36.8 Å². The van der Waals surface area contributed by atoms with Gasteiger partial charge in [-0.2, -0.15) is 18.4 Å². The molecule has 0 bridgehead atoms. The highest BCUT2D eigenvalue weighted by Crippen LogP contribution is 2.31. The Morgan fingerprint density at radius 2 is 1.95 bits per heavy atom. The van der Waals surface area contributed by atoms with E-state index >= 15 is 0 Å². The van der Waals surface area contributed by atoms with Gasteiger partial charge in [-0.3, -0.25) is 0 Å². The number of halogens is 4. The topological polar surface area (TPSA) is 48.7 Å². The third kappa shape index (κ3) is 3.26. The maximum absolute atomic E-state index is 12.7. The lowest BCUT2D eigenvalue weighted by molar-refractivity contribution is -0.141. The zero-order valence-corrected chi connectivity index (χ0v) is 11.5. The average molecular weight is 312 g/mol. The maximum atomic E-state index is 12.7. The first-order chi connectivity index (χ1) is 9.82. The van der Waals surface area contributed by atoms with Crippen LogP contribution in [0.25, 0.3) is 0 Å². The van der Waals surface area contributed by atoms with Crippen molar-refractivity contribution in [1.82, 2.24) is 4.98 Å². The lowest BCUT2D eigenvalue weighted by atomic mass is 10.2. The first-order valence-corrected chi connectivity index (χ1v) is 6.21. The van der Waals surface area contributed by atoms with Crippen LogP contribution in [-0.4, -0.2) is 4.98 Å². The van der Waals surface area contributed by atoms with E-state index in [-0.39, 0.29) is 11.4 Å². The molecule has 2 rings (SSSR count). The van der Waals surface area contributed by atoms with Crippen molar-refractivity contribution in [3.8, 4) is 6.07 Å². The second-order valence-corrected chi connectivity index (χ2v) is 4.65. The molecule has 0 amide bonds. The van der Waals surface area contributed by atoms with E-state index in [2.05, 4.69) is 10.3 Å². The Morgan fingerprint density at radius 3 is 2.57 bits per heavy atom. The van der Waals surface area contributed by atoms with Crippen molar-refractivity contribution >= 4 is 23.1 Å². The number of alkyl halides is 3. The summed E-state index contributed by atoms with van der Waals surface area (Å²) in [4.78, 5) is 3.48. The summed E-state index contributed by atoms with van der Waals surface area (Å²) in [5.41, 5.74) is 0.0964. The van der Waals surface area contributed by atoms with E-state index in [0.29, 0.717) is 16.3 Å². The Balaban J connectivity index is 2.48. The number of hydrogen-bond donors (Lipinski definition) is 1. The second kappa shape index (κ2) is 5.62. The summed E-state index contributed by atoms with van der Waals surface area (Å²) in [7, 11) is 0. The predicted octanol–water partition coefficient (Wildman–Crippen LogP) is 4.68. The van der Waals surface area contributed by atoms with E-state index in [9.17, 15) is 13.2 Å². The minimum atomic E-state index is -4.58. The lowest BCUT2D eigenvalue weighted by Crippen LogP contribution is -2.10. The molecule has 7 heteroatoms. The number of benzene rings is 1. The van der Waals surface area contributed by atoms with Crippen molar-refractivity contribution in [2.75, 3.05) is 5.32 Å². The first kappa shape index (κ1) is 15.1. The minimum Gasteiger partial charge on any atom is -0.339 e. The molecule has 0 radical (unpaired) electrons. The number of aromatic nitrogens is 1. The molecule has 0 spiro atoms. The lowest BCUT2D eigenvalue weighted by Gasteiger charge is -2.13. The summed E-state index contributed by atoms with van der Waals surface area (Å²) >= 11 is 5.95. The Labute approximate surface area is 124 Å². The van der Waals surface area contributed by atoms with Gasteiger partial charge in [-0.15, -0.1) is 0 Å². The van der Waals surface area contributed by atoms with Crippen LogP contribution in [0.2, 0.25) is 5.02 Å². The third-order valence-corrected chi connectivity index (χ3v) is 3.24. The zero-order valence-electron chi connectivity index (χ0n) is 10.8. The highest BCUT2D eigenvalue weighted by atomic mass is 35.5. The summed E-state index contributed by atoms with van der Waals surface area (Å²) in [6.45, 7) is 1.71. The molecule has 0 fully saturated rings. The number of nitriles is 1. The van der Waals surface area contributed by atoms with Gasteiger partial charge in [-0.1, -0.05) is 17.7 Å². The Hall–Kier alpha value is -2.26. The monoisotopic (exact) mass is 311 g/mol. The van der Waals surface area contributed by atoms with Gasteiger partial charge >= 0.3 is 6.18 Å². The molecule has 21 heavy (non-hydrogen) atoms. The standard InChI is InChI=1S/C14H9ClF3N3/c1-8-10(15)3-2-4-11(8)20-13-9(7-19)5-6-12(21-13)14(16,17)18/h2-6H,1H3,(H,20,21). The number of hydrogen-bond acceptors (Lipinski definition) is 3. The number of nitrogens with one attached hydrogen (secondary N) is 1. The average Bonchev–Trinajstić information content (AvgIpc) is 2.43. The molecule has 0 aliphatic rings. The highest BCUT2D eigenvalue weighted by Gasteiger charge is 2.33. The van der Waals surface area contributed by atoms with Crippen molar-refractivity contribution in [3.05, 3.63) is 52.2 Å². The summed E-state index contributed by atoms with van der Waals surface area (Å²) in [5, 5.41) is 12.2. The Morgan fingerprint density at radius 1 is 1.24 bits per heavy atom. The molecule has 0 aliphatic carbocycles. The van der Waals surface area contributed by atoms with Crippen LogP contribution in [0.4, 0.5) is 24.7 Å². The van der Waals surface area contributed by atoms with Crippen LogP contribution in [-0.2, 0) is 6.18 Å². The third-order valence-electron chi connectivity index (χ3n) is 2.83. The van der Waals surface area contributed by atoms with E-state index in [0.717, 1.165) is 12.1 Å².